The lowest BCUT2D eigenvalue weighted by Gasteiger charge is -2.42. The van der Waals surface area contributed by atoms with Crippen LogP contribution in [0.1, 0.15) is 23.5 Å². The van der Waals surface area contributed by atoms with E-state index in [9.17, 15) is 4.39 Å². The maximum atomic E-state index is 14.0. The first kappa shape index (κ1) is 20.2. The molecule has 2 aliphatic rings. The predicted octanol–water partition coefficient (Wildman–Crippen LogP) is 4.05. The van der Waals surface area contributed by atoms with E-state index in [2.05, 4.69) is 70.9 Å². The lowest BCUT2D eigenvalue weighted by Crippen LogP contribution is -2.56. The molecule has 2 fully saturated rings. The lowest BCUT2D eigenvalue weighted by atomic mass is 9.83. The van der Waals surface area contributed by atoms with E-state index in [0.29, 0.717) is 25.0 Å². The van der Waals surface area contributed by atoms with Crippen LogP contribution in [0, 0.1) is 0 Å². The maximum Gasteiger partial charge on any atom is 0.114 e. The van der Waals surface area contributed by atoms with Crippen LogP contribution in [0.25, 0.3) is 0 Å². The highest BCUT2D eigenvalue weighted by molar-refractivity contribution is 5.85. The molecule has 2 nitrogen and oxygen atoms in total. The first-order chi connectivity index (χ1) is 11.3. The standard InChI is InChI=1S/C20H23FN2.2ClH/c21-17-11-18-12-22-13-19(23(18)14-17)20(15-7-3-1-4-8-15)16-9-5-2-6-10-16;;/h1-10,17-20,22H,11-14H2;2*1H/t17-,18-,19-;;/m0../s1. The van der Waals surface area contributed by atoms with Crippen LogP contribution in [0.2, 0.25) is 0 Å². The van der Waals surface area contributed by atoms with Gasteiger partial charge in [0.05, 0.1) is 0 Å². The Morgan fingerprint density at radius 1 is 0.880 bits per heavy atom. The molecule has 3 atom stereocenters. The summed E-state index contributed by atoms with van der Waals surface area (Å²) in [6.07, 6.45) is -0.0191. The minimum atomic E-state index is -0.686. The highest BCUT2D eigenvalue weighted by Crippen LogP contribution is 2.36. The van der Waals surface area contributed by atoms with Gasteiger partial charge in [0.25, 0.3) is 0 Å². The molecular weight excluding hydrogens is 358 g/mol. The molecule has 2 saturated heterocycles. The number of nitrogens with zero attached hydrogens (tertiary/aromatic N) is 1. The number of rotatable bonds is 3. The highest BCUT2D eigenvalue weighted by atomic mass is 35.5. The first-order valence-corrected chi connectivity index (χ1v) is 8.53. The van der Waals surface area contributed by atoms with Gasteiger partial charge >= 0.3 is 0 Å². The lowest BCUT2D eigenvalue weighted by molar-refractivity contribution is 0.121. The molecule has 0 bridgehead atoms. The normalized spacial score (nSPS) is 25.8. The average Bonchev–Trinajstić information content (AvgIpc) is 2.98. The van der Waals surface area contributed by atoms with E-state index in [-0.39, 0.29) is 30.7 Å². The van der Waals surface area contributed by atoms with Crippen LogP contribution in [0.5, 0.6) is 0 Å². The minimum absolute atomic E-state index is 0. The first-order valence-electron chi connectivity index (χ1n) is 8.53. The number of nitrogens with one attached hydrogen (secondary N) is 1. The van der Waals surface area contributed by atoms with Crippen LogP contribution in [-0.4, -0.2) is 42.8 Å². The fourth-order valence-electron chi connectivity index (χ4n) is 4.27. The molecule has 2 aliphatic heterocycles. The van der Waals surface area contributed by atoms with Crippen molar-refractivity contribution in [3.8, 4) is 0 Å². The molecule has 2 aromatic rings. The third kappa shape index (κ3) is 4.17. The van der Waals surface area contributed by atoms with Crippen LogP contribution in [0.15, 0.2) is 60.7 Å². The van der Waals surface area contributed by atoms with Gasteiger partial charge in [0, 0.05) is 37.6 Å². The van der Waals surface area contributed by atoms with Gasteiger partial charge in [-0.25, -0.2) is 4.39 Å². The van der Waals surface area contributed by atoms with Crippen molar-refractivity contribution >= 4 is 24.8 Å². The van der Waals surface area contributed by atoms with E-state index in [0.717, 1.165) is 13.1 Å². The summed E-state index contributed by atoms with van der Waals surface area (Å²) in [6, 6.07) is 21.9. The molecule has 0 spiro atoms. The number of alkyl halides is 1. The van der Waals surface area contributed by atoms with Crippen LogP contribution >= 0.6 is 24.8 Å². The number of fused-ring (bicyclic) bond motifs is 1. The molecule has 5 heteroatoms. The molecule has 4 rings (SSSR count). The Morgan fingerprint density at radius 3 is 2.00 bits per heavy atom. The zero-order valence-electron chi connectivity index (χ0n) is 14.1. The summed E-state index contributed by atoms with van der Waals surface area (Å²) >= 11 is 0. The predicted molar refractivity (Wildman–Crippen MR) is 106 cm³/mol. The molecule has 0 unspecified atom stereocenters. The Balaban J connectivity index is 0.00000113. The minimum Gasteiger partial charge on any atom is -0.314 e. The Hall–Kier alpha value is -1.13. The third-order valence-electron chi connectivity index (χ3n) is 5.27. The number of hydrogen-bond acceptors (Lipinski definition) is 2. The molecule has 25 heavy (non-hydrogen) atoms. The molecule has 0 aliphatic carbocycles. The molecule has 0 aromatic heterocycles. The number of hydrogen-bond donors (Lipinski definition) is 1. The van der Waals surface area contributed by atoms with Gasteiger partial charge in [-0.05, 0) is 17.5 Å². The zero-order valence-corrected chi connectivity index (χ0v) is 15.7. The van der Waals surface area contributed by atoms with E-state index in [4.69, 9.17) is 0 Å². The number of benzene rings is 2. The molecule has 0 radical (unpaired) electrons. The van der Waals surface area contributed by atoms with Crippen molar-refractivity contribution in [1.82, 2.24) is 10.2 Å². The second kappa shape index (κ2) is 9.00. The van der Waals surface area contributed by atoms with Crippen molar-refractivity contribution in [3.63, 3.8) is 0 Å². The van der Waals surface area contributed by atoms with Crippen molar-refractivity contribution < 1.29 is 4.39 Å². The Morgan fingerprint density at radius 2 is 1.44 bits per heavy atom. The van der Waals surface area contributed by atoms with Crippen molar-refractivity contribution in [2.24, 2.45) is 0 Å². The monoisotopic (exact) mass is 382 g/mol. The van der Waals surface area contributed by atoms with Crippen molar-refractivity contribution in [2.75, 3.05) is 19.6 Å². The SMILES string of the molecule is Cl.Cl.F[C@H]1C[C@H]2CNC[C@@H](C(c3ccccc3)c3ccccc3)N2C1. The smallest absolute Gasteiger partial charge is 0.114 e. The summed E-state index contributed by atoms with van der Waals surface area (Å²) in [5, 5.41) is 3.54. The van der Waals surface area contributed by atoms with Gasteiger partial charge < -0.3 is 5.32 Å². The molecule has 2 aromatic carbocycles. The molecule has 0 saturated carbocycles. The molecular formula is C20H25Cl2FN2. The van der Waals surface area contributed by atoms with Gasteiger partial charge in [0.15, 0.2) is 0 Å². The molecule has 1 N–H and O–H groups in total. The average molecular weight is 383 g/mol. The summed E-state index contributed by atoms with van der Waals surface area (Å²) in [7, 11) is 0. The summed E-state index contributed by atoms with van der Waals surface area (Å²) in [4.78, 5) is 2.41. The van der Waals surface area contributed by atoms with Gasteiger partial charge in [-0.2, -0.15) is 0 Å². The molecule has 2 heterocycles. The van der Waals surface area contributed by atoms with Crippen LogP contribution in [0.4, 0.5) is 4.39 Å². The molecule has 0 amide bonds. The van der Waals surface area contributed by atoms with E-state index in [1.54, 1.807) is 0 Å². The quantitative estimate of drug-likeness (QED) is 0.861. The van der Waals surface area contributed by atoms with Crippen molar-refractivity contribution in [2.45, 2.75) is 30.6 Å². The van der Waals surface area contributed by atoms with E-state index in [1.165, 1.54) is 11.1 Å². The van der Waals surface area contributed by atoms with E-state index < -0.39 is 6.17 Å². The summed E-state index contributed by atoms with van der Waals surface area (Å²) in [5.41, 5.74) is 2.63. The van der Waals surface area contributed by atoms with Gasteiger partial charge in [0.1, 0.15) is 6.17 Å². The van der Waals surface area contributed by atoms with Crippen molar-refractivity contribution in [3.05, 3.63) is 71.8 Å². The third-order valence-corrected chi connectivity index (χ3v) is 5.27. The fraction of sp³-hybridized carbons (Fsp3) is 0.400. The van der Waals surface area contributed by atoms with Crippen LogP contribution in [-0.2, 0) is 0 Å². The van der Waals surface area contributed by atoms with Gasteiger partial charge in [-0.15, -0.1) is 24.8 Å². The van der Waals surface area contributed by atoms with Crippen molar-refractivity contribution in [1.29, 1.82) is 0 Å². The topological polar surface area (TPSA) is 15.3 Å². The maximum absolute atomic E-state index is 14.0. The summed E-state index contributed by atoms with van der Waals surface area (Å²) in [5.74, 6) is 0.276. The van der Waals surface area contributed by atoms with E-state index >= 15 is 0 Å². The van der Waals surface area contributed by atoms with Crippen LogP contribution in [0.3, 0.4) is 0 Å². The van der Waals surface area contributed by atoms with E-state index in [1.807, 2.05) is 0 Å². The zero-order chi connectivity index (χ0) is 15.6. The van der Waals surface area contributed by atoms with Gasteiger partial charge in [-0.1, -0.05) is 60.7 Å². The number of halogens is 3. The summed E-state index contributed by atoms with van der Waals surface area (Å²) < 4.78 is 14.0. The second-order valence-electron chi connectivity index (χ2n) is 6.71. The highest BCUT2D eigenvalue weighted by Gasteiger charge is 2.42. The van der Waals surface area contributed by atoms with Gasteiger partial charge in [-0.3, -0.25) is 4.90 Å². The second-order valence-corrected chi connectivity index (χ2v) is 6.71. The molecule has 136 valence electrons. The largest absolute Gasteiger partial charge is 0.314 e. The van der Waals surface area contributed by atoms with Gasteiger partial charge in [0.2, 0.25) is 0 Å². The summed E-state index contributed by atoms with van der Waals surface area (Å²) in [6.45, 7) is 2.40. The Kier molecular flexibility index (Phi) is 7.26. The Bertz CT molecular complexity index is 601. The Labute approximate surface area is 161 Å². The van der Waals surface area contributed by atoms with Crippen LogP contribution < -0.4 is 5.32 Å². The number of piperazine rings is 1. The fourth-order valence-corrected chi connectivity index (χ4v) is 4.27.